The third kappa shape index (κ3) is 2.67. The van der Waals surface area contributed by atoms with Crippen molar-refractivity contribution in [2.45, 2.75) is 0 Å². The predicted molar refractivity (Wildman–Crippen MR) is 51.5 cm³/mol. The molecule has 0 radical (unpaired) electrons. The summed E-state index contributed by atoms with van der Waals surface area (Å²) in [4.78, 5) is 10.5. The minimum atomic E-state index is -0.412. The van der Waals surface area contributed by atoms with Crippen LogP contribution in [0.1, 0.15) is 15.9 Å². The van der Waals surface area contributed by atoms with E-state index in [1.807, 2.05) is 0 Å². The van der Waals surface area contributed by atoms with Gasteiger partial charge in [0, 0.05) is 11.4 Å². The molecule has 0 atom stereocenters. The Morgan fingerprint density at radius 3 is 2.77 bits per heavy atom. The van der Waals surface area contributed by atoms with E-state index in [2.05, 4.69) is 0 Å². The minimum absolute atomic E-state index is 0.335. The van der Waals surface area contributed by atoms with Gasteiger partial charge in [-0.05, 0) is 17.7 Å². The molecular formula is C10H8ClFO. The van der Waals surface area contributed by atoms with Gasteiger partial charge in [0.25, 0.3) is 0 Å². The van der Waals surface area contributed by atoms with Gasteiger partial charge in [0.2, 0.25) is 0 Å². The molecule has 1 aromatic rings. The molecular weight excluding hydrogens is 191 g/mol. The number of aldehydes is 1. The number of halogens is 2. The van der Waals surface area contributed by atoms with Gasteiger partial charge in [-0.25, -0.2) is 4.39 Å². The van der Waals surface area contributed by atoms with Crippen molar-refractivity contribution in [3.63, 3.8) is 0 Å². The summed E-state index contributed by atoms with van der Waals surface area (Å²) in [7, 11) is 0. The zero-order chi connectivity index (χ0) is 9.68. The Hall–Kier alpha value is -1.15. The molecule has 1 rings (SSSR count). The number of allylic oxidation sites excluding steroid dienone is 1. The van der Waals surface area contributed by atoms with Crippen molar-refractivity contribution in [3.8, 4) is 0 Å². The first kappa shape index (κ1) is 9.93. The Balaban J connectivity index is 3.06. The van der Waals surface area contributed by atoms with E-state index in [1.54, 1.807) is 18.2 Å². The molecule has 0 N–H and O–H groups in total. The van der Waals surface area contributed by atoms with Gasteiger partial charge in [-0.3, -0.25) is 4.79 Å². The summed E-state index contributed by atoms with van der Waals surface area (Å²) in [5, 5.41) is 0. The van der Waals surface area contributed by atoms with E-state index in [-0.39, 0.29) is 0 Å². The summed E-state index contributed by atoms with van der Waals surface area (Å²) in [6.45, 7) is 0. The largest absolute Gasteiger partial charge is 0.298 e. The van der Waals surface area contributed by atoms with Crippen LogP contribution in [0.25, 0.3) is 6.08 Å². The van der Waals surface area contributed by atoms with Crippen molar-refractivity contribution >= 4 is 24.0 Å². The molecule has 68 valence electrons. The molecule has 0 saturated heterocycles. The highest BCUT2D eigenvalue weighted by Gasteiger charge is 1.99. The number of carbonyl (C=O) groups excluding carboxylic acids is 1. The van der Waals surface area contributed by atoms with Crippen molar-refractivity contribution in [1.82, 2.24) is 0 Å². The highest BCUT2D eigenvalue weighted by molar-refractivity contribution is 6.19. The maximum atomic E-state index is 12.6. The molecule has 0 heterocycles. The van der Waals surface area contributed by atoms with Crippen LogP contribution >= 0.6 is 11.6 Å². The highest BCUT2D eigenvalue weighted by Crippen LogP contribution is 2.11. The molecule has 0 aliphatic heterocycles. The summed E-state index contributed by atoms with van der Waals surface area (Å²) < 4.78 is 12.6. The SMILES string of the molecule is O=Cc1cc(F)ccc1C=CCCl. The van der Waals surface area contributed by atoms with E-state index < -0.39 is 5.82 Å². The van der Waals surface area contributed by atoms with Gasteiger partial charge in [0.1, 0.15) is 5.82 Å². The normalized spacial score (nSPS) is 10.6. The zero-order valence-electron chi connectivity index (χ0n) is 6.84. The topological polar surface area (TPSA) is 17.1 Å². The number of carbonyl (C=O) groups is 1. The molecule has 0 unspecified atom stereocenters. The van der Waals surface area contributed by atoms with Gasteiger partial charge in [-0.15, -0.1) is 11.6 Å². The summed E-state index contributed by atoms with van der Waals surface area (Å²) in [5.74, 6) is -0.0412. The van der Waals surface area contributed by atoms with Crippen LogP contribution in [0.3, 0.4) is 0 Å². The summed E-state index contributed by atoms with van der Waals surface area (Å²) >= 11 is 5.43. The molecule has 0 aliphatic carbocycles. The van der Waals surface area contributed by atoms with Crippen LogP contribution in [-0.2, 0) is 0 Å². The lowest BCUT2D eigenvalue weighted by Gasteiger charge is -1.97. The van der Waals surface area contributed by atoms with Crippen LogP contribution in [0.2, 0.25) is 0 Å². The van der Waals surface area contributed by atoms with Gasteiger partial charge >= 0.3 is 0 Å². The van der Waals surface area contributed by atoms with Crippen LogP contribution in [0.4, 0.5) is 4.39 Å². The smallest absolute Gasteiger partial charge is 0.150 e. The Morgan fingerprint density at radius 1 is 1.38 bits per heavy atom. The van der Waals surface area contributed by atoms with E-state index >= 15 is 0 Å². The van der Waals surface area contributed by atoms with E-state index in [0.717, 1.165) is 0 Å². The second kappa shape index (κ2) is 4.77. The lowest BCUT2D eigenvalue weighted by molar-refractivity contribution is 0.112. The van der Waals surface area contributed by atoms with Crippen molar-refractivity contribution in [1.29, 1.82) is 0 Å². The second-order valence-corrected chi connectivity index (χ2v) is 2.76. The Kier molecular flexibility index (Phi) is 3.65. The maximum absolute atomic E-state index is 12.6. The monoisotopic (exact) mass is 198 g/mol. The van der Waals surface area contributed by atoms with Gasteiger partial charge in [-0.2, -0.15) is 0 Å². The minimum Gasteiger partial charge on any atom is -0.298 e. The van der Waals surface area contributed by atoms with Crippen molar-refractivity contribution in [3.05, 3.63) is 41.2 Å². The van der Waals surface area contributed by atoms with Crippen LogP contribution in [-0.4, -0.2) is 12.2 Å². The molecule has 0 amide bonds. The molecule has 13 heavy (non-hydrogen) atoms. The summed E-state index contributed by atoms with van der Waals surface area (Å²) in [5.41, 5.74) is 1.01. The summed E-state index contributed by atoms with van der Waals surface area (Å²) in [6.07, 6.45) is 4.01. The van der Waals surface area contributed by atoms with Gasteiger partial charge in [0.05, 0.1) is 0 Å². The third-order valence-electron chi connectivity index (χ3n) is 1.56. The second-order valence-electron chi connectivity index (χ2n) is 2.45. The zero-order valence-corrected chi connectivity index (χ0v) is 7.59. The average Bonchev–Trinajstić information content (AvgIpc) is 2.16. The number of hydrogen-bond acceptors (Lipinski definition) is 1. The Bertz CT molecular complexity index is 334. The maximum Gasteiger partial charge on any atom is 0.150 e. The third-order valence-corrected chi connectivity index (χ3v) is 1.74. The lowest BCUT2D eigenvalue weighted by Crippen LogP contribution is -1.87. The predicted octanol–water partition coefficient (Wildman–Crippen LogP) is 2.89. The fourth-order valence-electron chi connectivity index (χ4n) is 0.971. The van der Waals surface area contributed by atoms with Crippen LogP contribution in [0, 0.1) is 5.82 Å². The molecule has 0 aromatic heterocycles. The van der Waals surface area contributed by atoms with E-state index in [0.29, 0.717) is 23.3 Å². The fraction of sp³-hybridized carbons (Fsp3) is 0.100. The fourth-order valence-corrected chi connectivity index (χ4v) is 1.06. The molecule has 0 fully saturated rings. The van der Waals surface area contributed by atoms with E-state index in [1.165, 1.54) is 12.1 Å². The first-order chi connectivity index (χ1) is 6.27. The average molecular weight is 199 g/mol. The van der Waals surface area contributed by atoms with Crippen LogP contribution in [0.15, 0.2) is 24.3 Å². The van der Waals surface area contributed by atoms with Crippen molar-refractivity contribution in [2.75, 3.05) is 5.88 Å². The number of hydrogen-bond donors (Lipinski definition) is 0. The van der Waals surface area contributed by atoms with Crippen molar-refractivity contribution < 1.29 is 9.18 Å². The number of rotatable bonds is 3. The first-order valence-electron chi connectivity index (χ1n) is 3.75. The highest BCUT2D eigenvalue weighted by atomic mass is 35.5. The Morgan fingerprint density at radius 2 is 2.15 bits per heavy atom. The molecule has 3 heteroatoms. The van der Waals surface area contributed by atoms with Crippen LogP contribution < -0.4 is 0 Å². The van der Waals surface area contributed by atoms with Gasteiger partial charge in [-0.1, -0.05) is 18.2 Å². The van der Waals surface area contributed by atoms with Crippen LogP contribution in [0.5, 0.6) is 0 Å². The van der Waals surface area contributed by atoms with Gasteiger partial charge in [0.15, 0.2) is 6.29 Å². The van der Waals surface area contributed by atoms with E-state index in [9.17, 15) is 9.18 Å². The molecule has 0 saturated carbocycles. The molecule has 1 nitrogen and oxygen atoms in total. The first-order valence-corrected chi connectivity index (χ1v) is 4.28. The number of alkyl halides is 1. The quantitative estimate of drug-likeness (QED) is 0.539. The van der Waals surface area contributed by atoms with Crippen molar-refractivity contribution in [2.24, 2.45) is 0 Å². The summed E-state index contributed by atoms with van der Waals surface area (Å²) in [6, 6.07) is 4.05. The molecule has 0 aliphatic rings. The Labute approximate surface area is 80.8 Å². The molecule has 0 bridgehead atoms. The molecule has 0 spiro atoms. The standard InChI is InChI=1S/C10H8ClFO/c11-5-1-2-8-3-4-10(12)6-9(8)7-13/h1-4,6-7H,5H2. The number of benzene rings is 1. The van der Waals surface area contributed by atoms with E-state index in [4.69, 9.17) is 11.6 Å². The molecule has 1 aromatic carbocycles. The van der Waals surface area contributed by atoms with Gasteiger partial charge < -0.3 is 0 Å². The lowest BCUT2D eigenvalue weighted by atomic mass is 10.1.